The van der Waals surface area contributed by atoms with Gasteiger partial charge < -0.3 is 5.32 Å². The van der Waals surface area contributed by atoms with Crippen molar-refractivity contribution in [3.05, 3.63) is 46.2 Å². The summed E-state index contributed by atoms with van der Waals surface area (Å²) in [5.74, 6) is 0. The smallest absolute Gasteiger partial charge is 0.0832 e. The minimum atomic E-state index is 0.604. The molecule has 3 nitrogen and oxygen atoms in total. The summed E-state index contributed by atoms with van der Waals surface area (Å²) in [6.07, 6.45) is 4.48. The van der Waals surface area contributed by atoms with E-state index in [2.05, 4.69) is 10.4 Å². The van der Waals surface area contributed by atoms with E-state index in [4.69, 9.17) is 23.2 Å². The van der Waals surface area contributed by atoms with Crippen LogP contribution >= 0.6 is 23.2 Å². The van der Waals surface area contributed by atoms with Gasteiger partial charge in [-0.1, -0.05) is 23.2 Å². The Morgan fingerprint density at radius 1 is 1.28 bits per heavy atom. The van der Waals surface area contributed by atoms with Crippen LogP contribution in [-0.4, -0.2) is 15.8 Å². The van der Waals surface area contributed by atoms with Crippen LogP contribution < -0.4 is 5.32 Å². The van der Waals surface area contributed by atoms with Crippen molar-refractivity contribution in [1.82, 2.24) is 15.1 Å². The standard InChI is InChI=1S/C13H13Cl2N3/c14-9-1-4-13(12(15)7-9)18-6-5-11(17-18)8-16-10-2-3-10/h1,4-7,10,16H,2-3,8H2. The third-order valence-corrected chi connectivity index (χ3v) is 3.49. The van der Waals surface area contributed by atoms with E-state index in [1.807, 2.05) is 24.4 Å². The Bertz CT molecular complexity index is 561. The zero-order valence-corrected chi connectivity index (χ0v) is 11.2. The number of hydrogen-bond acceptors (Lipinski definition) is 2. The molecule has 2 aromatic rings. The SMILES string of the molecule is Clc1ccc(-n2ccc(CNC3CC3)n2)c(Cl)c1. The van der Waals surface area contributed by atoms with Gasteiger partial charge in [-0.2, -0.15) is 5.10 Å². The lowest BCUT2D eigenvalue weighted by molar-refractivity contribution is 0.665. The van der Waals surface area contributed by atoms with Crippen LogP contribution in [0.1, 0.15) is 18.5 Å². The minimum absolute atomic E-state index is 0.604. The first-order chi connectivity index (χ1) is 8.72. The fourth-order valence-electron chi connectivity index (χ4n) is 1.79. The van der Waals surface area contributed by atoms with Gasteiger partial charge >= 0.3 is 0 Å². The summed E-state index contributed by atoms with van der Waals surface area (Å²) in [4.78, 5) is 0. The Kier molecular flexibility index (Phi) is 3.29. The summed E-state index contributed by atoms with van der Waals surface area (Å²) in [6, 6.07) is 8.10. The highest BCUT2D eigenvalue weighted by Gasteiger charge is 2.20. The summed E-state index contributed by atoms with van der Waals surface area (Å²) < 4.78 is 1.78. The van der Waals surface area contributed by atoms with Gasteiger partial charge in [0.25, 0.3) is 0 Å². The third-order valence-electron chi connectivity index (χ3n) is 2.95. The molecule has 5 heteroatoms. The number of hydrogen-bond donors (Lipinski definition) is 1. The molecule has 1 saturated carbocycles. The maximum atomic E-state index is 6.15. The first kappa shape index (κ1) is 12.0. The second-order valence-electron chi connectivity index (χ2n) is 4.50. The molecule has 0 saturated heterocycles. The number of nitrogens with one attached hydrogen (secondary N) is 1. The van der Waals surface area contributed by atoms with Gasteiger partial charge in [-0.05, 0) is 37.1 Å². The topological polar surface area (TPSA) is 29.9 Å². The molecule has 0 unspecified atom stereocenters. The predicted octanol–water partition coefficient (Wildman–Crippen LogP) is 3.43. The highest BCUT2D eigenvalue weighted by molar-refractivity contribution is 6.35. The zero-order valence-electron chi connectivity index (χ0n) is 9.74. The van der Waals surface area contributed by atoms with Crippen LogP contribution in [0.4, 0.5) is 0 Å². The average Bonchev–Trinajstić information content (AvgIpc) is 3.05. The Morgan fingerprint density at radius 2 is 2.11 bits per heavy atom. The molecule has 0 radical (unpaired) electrons. The highest BCUT2D eigenvalue weighted by atomic mass is 35.5. The molecule has 0 atom stereocenters. The van der Waals surface area contributed by atoms with Gasteiger partial charge in [0.1, 0.15) is 0 Å². The lowest BCUT2D eigenvalue weighted by atomic mass is 10.3. The molecule has 3 rings (SSSR count). The fraction of sp³-hybridized carbons (Fsp3) is 0.308. The van der Waals surface area contributed by atoms with E-state index < -0.39 is 0 Å². The first-order valence-corrected chi connectivity index (χ1v) is 6.71. The molecule has 1 aromatic heterocycles. The van der Waals surface area contributed by atoms with Crippen LogP contribution in [0.2, 0.25) is 10.0 Å². The molecule has 0 bridgehead atoms. The zero-order chi connectivity index (χ0) is 12.5. The fourth-order valence-corrected chi connectivity index (χ4v) is 2.29. The lowest BCUT2D eigenvalue weighted by Crippen LogP contribution is -2.15. The maximum absolute atomic E-state index is 6.15. The van der Waals surface area contributed by atoms with E-state index >= 15 is 0 Å². The van der Waals surface area contributed by atoms with Gasteiger partial charge in [0.15, 0.2) is 0 Å². The molecule has 0 aliphatic heterocycles. The van der Waals surface area contributed by atoms with E-state index in [1.165, 1.54) is 12.8 Å². The van der Waals surface area contributed by atoms with Gasteiger partial charge in [0.05, 0.1) is 16.4 Å². The van der Waals surface area contributed by atoms with Crippen molar-refractivity contribution >= 4 is 23.2 Å². The van der Waals surface area contributed by atoms with Gasteiger partial charge in [-0.15, -0.1) is 0 Å². The van der Waals surface area contributed by atoms with Gasteiger partial charge in [0, 0.05) is 23.8 Å². The Hall–Kier alpha value is -1.03. The van der Waals surface area contributed by atoms with Crippen molar-refractivity contribution in [3.8, 4) is 5.69 Å². The highest BCUT2D eigenvalue weighted by Crippen LogP contribution is 2.24. The predicted molar refractivity (Wildman–Crippen MR) is 73.4 cm³/mol. The number of aromatic nitrogens is 2. The monoisotopic (exact) mass is 281 g/mol. The van der Waals surface area contributed by atoms with Crippen LogP contribution in [0.25, 0.3) is 5.69 Å². The van der Waals surface area contributed by atoms with Crippen LogP contribution in [0, 0.1) is 0 Å². The first-order valence-electron chi connectivity index (χ1n) is 5.96. The van der Waals surface area contributed by atoms with E-state index in [0.717, 1.165) is 17.9 Å². The lowest BCUT2D eigenvalue weighted by Gasteiger charge is -2.04. The van der Waals surface area contributed by atoms with E-state index in [0.29, 0.717) is 16.1 Å². The van der Waals surface area contributed by atoms with Crippen LogP contribution in [-0.2, 0) is 6.54 Å². The van der Waals surface area contributed by atoms with E-state index in [9.17, 15) is 0 Å². The molecule has 1 aliphatic carbocycles. The third kappa shape index (κ3) is 2.69. The number of rotatable bonds is 4. The van der Waals surface area contributed by atoms with Crippen LogP contribution in [0.15, 0.2) is 30.5 Å². The van der Waals surface area contributed by atoms with Crippen molar-refractivity contribution in [1.29, 1.82) is 0 Å². The van der Waals surface area contributed by atoms with Crippen molar-refractivity contribution in [3.63, 3.8) is 0 Å². The molecule has 0 spiro atoms. The number of benzene rings is 1. The largest absolute Gasteiger partial charge is 0.308 e. The molecule has 1 aromatic carbocycles. The summed E-state index contributed by atoms with van der Waals surface area (Å²) in [5.41, 5.74) is 1.87. The van der Waals surface area contributed by atoms with Crippen molar-refractivity contribution in [2.75, 3.05) is 0 Å². The van der Waals surface area contributed by atoms with Gasteiger partial charge in [-0.25, -0.2) is 4.68 Å². The normalized spacial score (nSPS) is 15.0. The maximum Gasteiger partial charge on any atom is 0.0832 e. The molecule has 1 aliphatic rings. The van der Waals surface area contributed by atoms with Gasteiger partial charge in [-0.3, -0.25) is 0 Å². The Labute approximate surface area is 116 Å². The second-order valence-corrected chi connectivity index (χ2v) is 5.35. The van der Waals surface area contributed by atoms with Crippen molar-refractivity contribution in [2.24, 2.45) is 0 Å². The molecule has 1 fully saturated rings. The molecule has 0 amide bonds. The molecule has 1 heterocycles. The molecule has 94 valence electrons. The Morgan fingerprint density at radius 3 is 2.83 bits per heavy atom. The molecule has 1 N–H and O–H groups in total. The summed E-state index contributed by atoms with van der Waals surface area (Å²) in [7, 11) is 0. The van der Waals surface area contributed by atoms with E-state index in [-0.39, 0.29) is 0 Å². The molecule has 18 heavy (non-hydrogen) atoms. The number of nitrogens with zero attached hydrogens (tertiary/aromatic N) is 2. The van der Waals surface area contributed by atoms with Gasteiger partial charge in [0.2, 0.25) is 0 Å². The minimum Gasteiger partial charge on any atom is -0.308 e. The Balaban J connectivity index is 1.78. The van der Waals surface area contributed by atoms with Crippen molar-refractivity contribution < 1.29 is 0 Å². The second kappa shape index (κ2) is 4.92. The quantitative estimate of drug-likeness (QED) is 0.931. The van der Waals surface area contributed by atoms with Crippen LogP contribution in [0.5, 0.6) is 0 Å². The van der Waals surface area contributed by atoms with Crippen molar-refractivity contribution in [2.45, 2.75) is 25.4 Å². The molecular weight excluding hydrogens is 269 g/mol. The average molecular weight is 282 g/mol. The summed E-state index contributed by atoms with van der Waals surface area (Å²) >= 11 is 12.0. The molecular formula is C13H13Cl2N3. The van der Waals surface area contributed by atoms with Crippen LogP contribution in [0.3, 0.4) is 0 Å². The summed E-state index contributed by atoms with van der Waals surface area (Å²) in [6.45, 7) is 0.808. The van der Waals surface area contributed by atoms with E-state index in [1.54, 1.807) is 10.7 Å². The summed E-state index contributed by atoms with van der Waals surface area (Å²) in [5, 5.41) is 9.16. The number of halogens is 2.